The number of carboxylic acids is 1. The van der Waals surface area contributed by atoms with Gasteiger partial charge in [-0.2, -0.15) is 11.8 Å². The number of hydrogen-bond donors (Lipinski definition) is 16. The maximum absolute atomic E-state index is 14.7. The van der Waals surface area contributed by atoms with Crippen LogP contribution in [0.1, 0.15) is 116 Å². The molecule has 0 spiro atoms. The minimum atomic E-state index is -1.40. The zero-order valence-corrected chi connectivity index (χ0v) is 54.5. The Morgan fingerprint density at radius 1 is 0.457 bits per heavy atom. The normalized spacial score (nSPS) is 14.6. The molecule has 0 fully saturated rings. The summed E-state index contributed by atoms with van der Waals surface area (Å²) in [4.78, 5) is 144. The number of unbranched alkanes of at least 4 members (excludes halogenated alkanes) is 3. The molecule has 0 saturated carbocycles. The molecule has 0 saturated heterocycles. The number of carboxylic acid groups (broad SMARTS) is 1. The molecular weight excluding hydrogens is 1200 g/mol. The van der Waals surface area contributed by atoms with Gasteiger partial charge in [0.15, 0.2) is 0 Å². The molecule has 20 N–H and O–H groups in total. The minimum Gasteiger partial charge on any atom is -0.508 e. The van der Waals surface area contributed by atoms with Crippen LogP contribution in [-0.2, 0) is 67.2 Å². The van der Waals surface area contributed by atoms with Crippen molar-refractivity contribution < 1.29 is 58.2 Å². The van der Waals surface area contributed by atoms with E-state index in [4.69, 9.17) is 22.9 Å². The lowest BCUT2D eigenvalue weighted by molar-refractivity contribution is -0.142. The molecule has 0 aliphatic carbocycles. The molecule has 26 nitrogen and oxygen atoms in total. The van der Waals surface area contributed by atoms with E-state index in [1.807, 2.05) is 24.3 Å². The number of amides is 9. The second kappa shape index (κ2) is 40.0. The van der Waals surface area contributed by atoms with Crippen LogP contribution in [0, 0.1) is 11.8 Å². The smallest absolute Gasteiger partial charge is 0.326 e. The number of H-pyrrole nitrogens is 1. The van der Waals surface area contributed by atoms with Crippen molar-refractivity contribution >= 4 is 81.8 Å². The lowest BCUT2D eigenvalue weighted by Crippen LogP contribution is -2.62. The SMILES string of the molecule is CSCC[C@H](NC(=O)[C@@H](NC(=O)[C@@H](NC(=O)[C@H](Cc1ccc(O)cc1)NC(=O)[C@H](Cc1ccccc1)NC(=O)[C@H](C)NC(=O)[C@H](N)CCCCN)C(C)C)C(C)C)C(=O)N[C@@H](Cc1c[nH]c2ccccc12)C(=O)N[C@@H](CCCCN)C(=O)N[C@H](CCCCN)C(=O)O. The van der Waals surface area contributed by atoms with E-state index in [-0.39, 0.29) is 44.3 Å². The van der Waals surface area contributed by atoms with Crippen LogP contribution in [0.25, 0.3) is 10.9 Å². The van der Waals surface area contributed by atoms with Crippen molar-refractivity contribution in [1.29, 1.82) is 0 Å². The summed E-state index contributed by atoms with van der Waals surface area (Å²) in [5.41, 5.74) is 25.6. The van der Waals surface area contributed by atoms with E-state index in [9.17, 15) is 58.2 Å². The first-order chi connectivity index (χ1) is 43.9. The Morgan fingerprint density at radius 2 is 0.880 bits per heavy atom. The summed E-state index contributed by atoms with van der Waals surface area (Å²) in [6.07, 6.45) is 6.98. The molecule has 1 aromatic heterocycles. The number of phenolic OH excluding ortho intramolecular Hbond substituents is 1. The van der Waals surface area contributed by atoms with Gasteiger partial charge in [-0.1, -0.05) is 94.8 Å². The predicted octanol–water partition coefficient (Wildman–Crippen LogP) is 1.15. The Kier molecular flexibility index (Phi) is 33.2. The maximum Gasteiger partial charge on any atom is 0.326 e. The van der Waals surface area contributed by atoms with Gasteiger partial charge in [0.2, 0.25) is 53.2 Å². The summed E-state index contributed by atoms with van der Waals surface area (Å²) in [6, 6.07) is 9.55. The molecular formula is C65H98N14O12S. The van der Waals surface area contributed by atoms with Gasteiger partial charge in [0.05, 0.1) is 6.04 Å². The number of nitrogens with two attached hydrogens (primary N) is 4. The predicted molar refractivity (Wildman–Crippen MR) is 354 cm³/mol. The van der Waals surface area contributed by atoms with Crippen LogP contribution in [0.4, 0.5) is 0 Å². The number of fused-ring (bicyclic) bond motifs is 1. The highest BCUT2D eigenvalue weighted by molar-refractivity contribution is 7.98. The van der Waals surface area contributed by atoms with Crippen LogP contribution in [-0.4, -0.2) is 166 Å². The number of thioether (sulfide) groups is 1. The van der Waals surface area contributed by atoms with Crippen LogP contribution < -0.4 is 70.8 Å². The number of phenols is 1. The minimum absolute atomic E-state index is 0.0349. The number of carbonyl (C=O) groups is 10. The fourth-order valence-corrected chi connectivity index (χ4v) is 10.6. The Hall–Kier alpha value is -8.11. The molecule has 27 heteroatoms. The fourth-order valence-electron chi connectivity index (χ4n) is 10.1. The molecule has 9 amide bonds. The van der Waals surface area contributed by atoms with Gasteiger partial charge in [-0.3, -0.25) is 43.2 Å². The van der Waals surface area contributed by atoms with Crippen molar-refractivity contribution in [2.45, 2.75) is 179 Å². The highest BCUT2D eigenvalue weighted by Crippen LogP contribution is 2.21. The lowest BCUT2D eigenvalue weighted by Gasteiger charge is -2.30. The average Bonchev–Trinajstić information content (AvgIpc) is 1.68. The molecule has 10 atom stereocenters. The van der Waals surface area contributed by atoms with Gasteiger partial charge in [-0.25, -0.2) is 4.79 Å². The standard InChI is InChI=1S/C65H98N14O12S/c1-38(2)54(63(88)73-49(29-33-92-6)59(84)77-53(36-43-37-70-47-22-11-10-20-45(43)47)61(86)72-48(23-13-16-31-67)58(83)74-50(65(90)91)24-14-17-32-68)79-64(89)55(39(3)4)78-62(87)52(35-42-25-27-44(80)28-26-42)76-60(85)51(34-41-18-8-7-9-19-41)75-56(81)40(5)71-57(82)46(69)21-12-15-30-66/h7-11,18-20,22,25-28,37-40,46,48-55,70,80H,12-17,21,23-24,29-36,66-69H2,1-6H3,(H,71,82)(H,72,86)(H,73,88)(H,74,83)(H,75,81)(H,76,85)(H,77,84)(H,78,87)(H,79,89)(H,90,91)/t40-,46+,48-,49-,50+,51-,52-,53-,54-,55-/m0/s1. The summed E-state index contributed by atoms with van der Waals surface area (Å²) in [6.45, 7) is 9.18. The van der Waals surface area contributed by atoms with Crippen molar-refractivity contribution in [3.63, 3.8) is 0 Å². The zero-order valence-electron chi connectivity index (χ0n) is 53.7. The van der Waals surface area contributed by atoms with Crippen molar-refractivity contribution in [3.8, 4) is 5.75 Å². The number of carbonyl (C=O) groups excluding carboxylic acids is 9. The maximum atomic E-state index is 14.7. The molecule has 0 radical (unpaired) electrons. The van der Waals surface area contributed by atoms with Crippen LogP contribution in [0.3, 0.4) is 0 Å². The first kappa shape index (κ1) is 76.3. The Morgan fingerprint density at radius 3 is 1.42 bits per heavy atom. The number of aromatic hydroxyl groups is 1. The van der Waals surface area contributed by atoms with E-state index in [1.165, 1.54) is 30.8 Å². The number of aliphatic carboxylic acids is 1. The Bertz CT molecular complexity index is 3020. The average molecular weight is 1300 g/mol. The van der Waals surface area contributed by atoms with Crippen molar-refractivity contribution in [2.24, 2.45) is 34.8 Å². The number of aromatic amines is 1. The third kappa shape index (κ3) is 25.5. The van der Waals surface area contributed by atoms with Gasteiger partial charge in [0, 0.05) is 36.4 Å². The fraction of sp³-hybridized carbons (Fsp3) is 0.538. The van der Waals surface area contributed by atoms with E-state index < -0.39 is 131 Å². The highest BCUT2D eigenvalue weighted by Gasteiger charge is 2.37. The largest absolute Gasteiger partial charge is 0.508 e. The zero-order chi connectivity index (χ0) is 67.9. The van der Waals surface area contributed by atoms with Crippen molar-refractivity contribution in [2.75, 3.05) is 31.6 Å². The highest BCUT2D eigenvalue weighted by atomic mass is 32.2. The van der Waals surface area contributed by atoms with E-state index >= 15 is 0 Å². The van der Waals surface area contributed by atoms with Crippen LogP contribution in [0.2, 0.25) is 0 Å². The van der Waals surface area contributed by atoms with Crippen molar-refractivity contribution in [1.82, 2.24) is 52.8 Å². The monoisotopic (exact) mass is 1300 g/mol. The van der Waals surface area contributed by atoms with Gasteiger partial charge in [0.25, 0.3) is 0 Å². The molecule has 0 bridgehead atoms. The van der Waals surface area contributed by atoms with Crippen LogP contribution >= 0.6 is 11.8 Å². The number of rotatable bonds is 42. The molecule has 0 aliphatic heterocycles. The number of hydrogen-bond acceptors (Lipinski definition) is 16. The molecule has 4 rings (SSSR count). The first-order valence-electron chi connectivity index (χ1n) is 31.6. The summed E-state index contributed by atoms with van der Waals surface area (Å²) in [7, 11) is 0. The van der Waals surface area contributed by atoms with E-state index in [1.54, 1.807) is 82.6 Å². The molecule has 506 valence electrons. The number of benzene rings is 3. The quantitative estimate of drug-likeness (QED) is 0.0277. The van der Waals surface area contributed by atoms with Crippen LogP contribution in [0.15, 0.2) is 85.1 Å². The van der Waals surface area contributed by atoms with E-state index in [0.717, 1.165) is 10.9 Å². The Labute approximate surface area is 542 Å². The molecule has 1 heterocycles. The third-order valence-corrected chi connectivity index (χ3v) is 16.2. The first-order valence-corrected chi connectivity index (χ1v) is 33.0. The van der Waals surface area contributed by atoms with Gasteiger partial charge in [-0.05, 0) is 143 Å². The summed E-state index contributed by atoms with van der Waals surface area (Å²) in [5, 5.41) is 45.5. The number of para-hydroxylation sites is 1. The molecule has 0 aliphatic rings. The topological polar surface area (TPSA) is 439 Å². The second-order valence-corrected chi connectivity index (χ2v) is 24.7. The summed E-state index contributed by atoms with van der Waals surface area (Å²) < 4.78 is 0. The molecule has 3 aromatic carbocycles. The lowest BCUT2D eigenvalue weighted by atomic mass is 9.98. The van der Waals surface area contributed by atoms with Gasteiger partial charge < -0.3 is 86.0 Å². The third-order valence-electron chi connectivity index (χ3n) is 15.6. The van der Waals surface area contributed by atoms with E-state index in [2.05, 4.69) is 52.8 Å². The van der Waals surface area contributed by atoms with E-state index in [0.29, 0.717) is 87.0 Å². The van der Waals surface area contributed by atoms with Gasteiger partial charge in [0.1, 0.15) is 60.1 Å². The van der Waals surface area contributed by atoms with Crippen molar-refractivity contribution in [3.05, 3.63) is 102 Å². The summed E-state index contributed by atoms with van der Waals surface area (Å²) >= 11 is 1.39. The summed E-state index contributed by atoms with van der Waals surface area (Å²) in [5.74, 6) is -8.86. The Balaban J connectivity index is 1.61. The second-order valence-electron chi connectivity index (χ2n) is 23.8. The number of aromatic nitrogens is 1. The molecule has 92 heavy (non-hydrogen) atoms. The van der Waals surface area contributed by atoms with Gasteiger partial charge in [-0.15, -0.1) is 0 Å². The van der Waals surface area contributed by atoms with Gasteiger partial charge >= 0.3 is 5.97 Å². The molecule has 0 unspecified atom stereocenters. The molecule has 4 aromatic rings. The number of nitrogens with one attached hydrogen (secondary N) is 10. The van der Waals surface area contributed by atoms with Crippen LogP contribution in [0.5, 0.6) is 5.75 Å².